The molecular formula is C23H29F3O. The third-order valence-electron chi connectivity index (χ3n) is 5.85. The first kappa shape index (κ1) is 20.0. The third-order valence-corrected chi connectivity index (χ3v) is 5.85. The second-order valence-electron chi connectivity index (χ2n) is 7.79. The first-order valence-corrected chi connectivity index (χ1v) is 10.2. The lowest BCUT2D eigenvalue weighted by Gasteiger charge is -2.30. The molecule has 0 amide bonds. The molecule has 27 heavy (non-hydrogen) atoms. The van der Waals surface area contributed by atoms with Crippen LogP contribution in [0.15, 0.2) is 24.3 Å². The van der Waals surface area contributed by atoms with Gasteiger partial charge < -0.3 is 4.74 Å². The van der Waals surface area contributed by atoms with E-state index in [1.165, 1.54) is 6.42 Å². The van der Waals surface area contributed by atoms with Crippen molar-refractivity contribution in [2.45, 2.75) is 77.7 Å². The predicted molar refractivity (Wildman–Crippen MR) is 104 cm³/mol. The zero-order valence-electron chi connectivity index (χ0n) is 16.2. The first-order valence-electron chi connectivity index (χ1n) is 10.2. The fraction of sp³-hybridized carbons (Fsp3) is 0.565. The summed E-state index contributed by atoms with van der Waals surface area (Å²) in [4.78, 5) is 0. The largest absolute Gasteiger partial charge is 0.434 e. The zero-order chi connectivity index (χ0) is 19.4. The number of hydrogen-bond donors (Lipinski definition) is 0. The van der Waals surface area contributed by atoms with Crippen LogP contribution >= 0.6 is 0 Å². The quantitative estimate of drug-likeness (QED) is 0.482. The highest BCUT2D eigenvalue weighted by atomic mass is 19.3. The average Bonchev–Trinajstić information content (AvgIpc) is 2.63. The standard InChI is InChI=1S/C23H29F3O/c1-3-5-15-7-10-17(11-8-15)21-20(27-23(25)26)14-18-13-16(6-4-2)9-12-19(18)22(21)24/h9,12-15,17,23H,3-8,10-11H2,1-2H3. The molecule has 1 nitrogen and oxygen atoms in total. The third kappa shape index (κ3) is 4.59. The number of hydrogen-bond acceptors (Lipinski definition) is 1. The van der Waals surface area contributed by atoms with Crippen LogP contribution in [0, 0.1) is 11.7 Å². The van der Waals surface area contributed by atoms with Crippen molar-refractivity contribution in [3.63, 3.8) is 0 Å². The normalized spacial score (nSPS) is 20.4. The number of ether oxygens (including phenoxy) is 1. The SMILES string of the molecule is CCCc1ccc2c(F)c(C3CCC(CCC)CC3)c(OC(F)F)cc2c1. The van der Waals surface area contributed by atoms with E-state index in [0.29, 0.717) is 22.3 Å². The first-order chi connectivity index (χ1) is 13.0. The van der Waals surface area contributed by atoms with Gasteiger partial charge >= 0.3 is 6.61 Å². The zero-order valence-corrected chi connectivity index (χ0v) is 16.2. The lowest BCUT2D eigenvalue weighted by molar-refractivity contribution is -0.0508. The molecule has 0 unspecified atom stereocenters. The second kappa shape index (κ2) is 8.99. The summed E-state index contributed by atoms with van der Waals surface area (Å²) in [6, 6.07) is 7.22. The molecule has 3 rings (SSSR count). The Morgan fingerprint density at radius 3 is 2.41 bits per heavy atom. The van der Waals surface area contributed by atoms with E-state index in [0.717, 1.165) is 50.5 Å². The minimum atomic E-state index is -2.95. The molecule has 2 aromatic rings. The van der Waals surface area contributed by atoms with Crippen molar-refractivity contribution in [3.8, 4) is 5.75 Å². The van der Waals surface area contributed by atoms with Crippen molar-refractivity contribution >= 4 is 10.8 Å². The van der Waals surface area contributed by atoms with Gasteiger partial charge in [0.1, 0.15) is 11.6 Å². The Morgan fingerprint density at radius 2 is 1.78 bits per heavy atom. The van der Waals surface area contributed by atoms with Gasteiger partial charge in [-0.25, -0.2) is 4.39 Å². The van der Waals surface area contributed by atoms with Gasteiger partial charge in [0, 0.05) is 10.9 Å². The van der Waals surface area contributed by atoms with Crippen LogP contribution in [0.3, 0.4) is 0 Å². The van der Waals surface area contributed by atoms with E-state index >= 15 is 4.39 Å². The summed E-state index contributed by atoms with van der Waals surface area (Å²) >= 11 is 0. The molecule has 0 radical (unpaired) electrons. The van der Waals surface area contributed by atoms with Gasteiger partial charge in [-0.05, 0) is 61.0 Å². The van der Waals surface area contributed by atoms with Gasteiger partial charge in [0.15, 0.2) is 0 Å². The van der Waals surface area contributed by atoms with Gasteiger partial charge in [-0.1, -0.05) is 51.3 Å². The van der Waals surface area contributed by atoms with E-state index in [1.807, 2.05) is 12.1 Å². The highest BCUT2D eigenvalue weighted by Gasteiger charge is 2.29. The van der Waals surface area contributed by atoms with Crippen LogP contribution in [0.5, 0.6) is 5.75 Å². The van der Waals surface area contributed by atoms with E-state index in [2.05, 4.69) is 13.8 Å². The Kier molecular flexibility index (Phi) is 6.67. The van der Waals surface area contributed by atoms with Crippen molar-refractivity contribution in [1.82, 2.24) is 0 Å². The number of alkyl halides is 2. The second-order valence-corrected chi connectivity index (χ2v) is 7.79. The Bertz CT molecular complexity index is 764. The molecule has 0 aliphatic heterocycles. The summed E-state index contributed by atoms with van der Waals surface area (Å²) in [6.07, 6.45) is 7.92. The summed E-state index contributed by atoms with van der Waals surface area (Å²) in [5.41, 5.74) is 1.43. The maximum atomic E-state index is 15.4. The number of fused-ring (bicyclic) bond motifs is 1. The number of aryl methyl sites for hydroxylation is 1. The molecule has 0 atom stereocenters. The number of benzene rings is 2. The highest BCUT2D eigenvalue weighted by Crippen LogP contribution is 2.44. The van der Waals surface area contributed by atoms with Gasteiger partial charge in [-0.15, -0.1) is 0 Å². The maximum absolute atomic E-state index is 15.4. The van der Waals surface area contributed by atoms with Gasteiger partial charge in [-0.3, -0.25) is 0 Å². The molecule has 0 heterocycles. The number of rotatable bonds is 7. The van der Waals surface area contributed by atoms with Crippen molar-refractivity contribution < 1.29 is 17.9 Å². The topological polar surface area (TPSA) is 9.23 Å². The molecule has 0 aromatic heterocycles. The van der Waals surface area contributed by atoms with Crippen LogP contribution in [-0.4, -0.2) is 6.61 Å². The lowest BCUT2D eigenvalue weighted by Crippen LogP contribution is -2.16. The van der Waals surface area contributed by atoms with Crippen molar-refractivity contribution in [3.05, 3.63) is 41.2 Å². The van der Waals surface area contributed by atoms with Crippen LogP contribution < -0.4 is 4.74 Å². The Hall–Kier alpha value is -1.71. The molecule has 0 N–H and O–H groups in total. The monoisotopic (exact) mass is 378 g/mol. The van der Waals surface area contributed by atoms with Gasteiger partial charge in [-0.2, -0.15) is 8.78 Å². The van der Waals surface area contributed by atoms with E-state index in [1.54, 1.807) is 12.1 Å². The molecule has 2 aromatic carbocycles. The van der Waals surface area contributed by atoms with Crippen LogP contribution in [0.25, 0.3) is 10.8 Å². The van der Waals surface area contributed by atoms with Crippen molar-refractivity contribution in [2.24, 2.45) is 5.92 Å². The Labute approximate surface area is 159 Å². The minimum Gasteiger partial charge on any atom is -0.434 e. The average molecular weight is 378 g/mol. The molecule has 0 spiro atoms. The van der Waals surface area contributed by atoms with Crippen LogP contribution in [0.4, 0.5) is 13.2 Å². The van der Waals surface area contributed by atoms with Crippen molar-refractivity contribution in [1.29, 1.82) is 0 Å². The Morgan fingerprint density at radius 1 is 1.04 bits per heavy atom. The highest BCUT2D eigenvalue weighted by molar-refractivity contribution is 5.86. The Balaban J connectivity index is 1.99. The predicted octanol–water partition coefficient (Wildman–Crippen LogP) is 7.61. The minimum absolute atomic E-state index is 0.0163. The number of halogens is 3. The lowest BCUT2D eigenvalue weighted by atomic mass is 9.76. The summed E-state index contributed by atoms with van der Waals surface area (Å²) < 4.78 is 46.2. The maximum Gasteiger partial charge on any atom is 0.387 e. The fourth-order valence-corrected chi connectivity index (χ4v) is 4.57. The molecule has 1 fully saturated rings. The van der Waals surface area contributed by atoms with E-state index < -0.39 is 6.61 Å². The molecule has 0 saturated heterocycles. The van der Waals surface area contributed by atoms with Gasteiger partial charge in [0.2, 0.25) is 0 Å². The molecule has 1 aliphatic rings. The summed E-state index contributed by atoms with van der Waals surface area (Å²) in [6.45, 7) is 1.31. The van der Waals surface area contributed by atoms with Crippen LogP contribution in [-0.2, 0) is 6.42 Å². The van der Waals surface area contributed by atoms with Gasteiger partial charge in [0.05, 0.1) is 0 Å². The van der Waals surface area contributed by atoms with E-state index in [9.17, 15) is 8.78 Å². The fourth-order valence-electron chi connectivity index (χ4n) is 4.57. The van der Waals surface area contributed by atoms with E-state index in [-0.39, 0.29) is 17.5 Å². The van der Waals surface area contributed by atoms with Crippen LogP contribution in [0.2, 0.25) is 0 Å². The molecule has 1 aliphatic carbocycles. The molecule has 1 saturated carbocycles. The molecule has 0 bridgehead atoms. The van der Waals surface area contributed by atoms with E-state index in [4.69, 9.17) is 4.74 Å². The summed E-state index contributed by atoms with van der Waals surface area (Å²) in [5.74, 6) is 0.255. The van der Waals surface area contributed by atoms with Crippen LogP contribution in [0.1, 0.15) is 75.8 Å². The molecule has 148 valence electrons. The van der Waals surface area contributed by atoms with Crippen molar-refractivity contribution in [2.75, 3.05) is 0 Å². The summed E-state index contributed by atoms with van der Waals surface area (Å²) in [7, 11) is 0. The van der Waals surface area contributed by atoms with Gasteiger partial charge in [0.25, 0.3) is 0 Å². The smallest absolute Gasteiger partial charge is 0.387 e. The molecular weight excluding hydrogens is 349 g/mol. The molecule has 4 heteroatoms. The summed E-state index contributed by atoms with van der Waals surface area (Å²) in [5, 5.41) is 1.14.